The molecule has 0 unspecified atom stereocenters. The lowest BCUT2D eigenvalue weighted by molar-refractivity contribution is 0.0580. The maximum Gasteiger partial charge on any atom is 0.415 e. The second-order valence-corrected chi connectivity index (χ2v) is 10.6. The molecule has 1 aliphatic heterocycles. The second-order valence-electron chi connectivity index (χ2n) is 8.73. The zero-order valence-electron chi connectivity index (χ0n) is 18.8. The highest BCUT2D eigenvalue weighted by molar-refractivity contribution is 7.89. The smallest absolute Gasteiger partial charge is 0.415 e. The normalized spacial score (nSPS) is 17.5. The zero-order valence-corrected chi connectivity index (χ0v) is 19.6. The number of amides is 1. The van der Waals surface area contributed by atoms with Crippen LogP contribution in [0.4, 0.5) is 10.6 Å². The zero-order chi connectivity index (χ0) is 22.8. The van der Waals surface area contributed by atoms with E-state index >= 15 is 0 Å². The Bertz CT molecular complexity index is 1030. The molecule has 1 aromatic heterocycles. The lowest BCUT2D eigenvalue weighted by Crippen LogP contribution is -2.38. The van der Waals surface area contributed by atoms with Crippen LogP contribution in [0.3, 0.4) is 0 Å². The van der Waals surface area contributed by atoms with Gasteiger partial charge in [-0.25, -0.2) is 18.2 Å². The molecule has 1 atom stereocenters. The molecule has 0 bridgehead atoms. The van der Waals surface area contributed by atoms with Crippen molar-refractivity contribution in [2.75, 3.05) is 18.0 Å². The lowest BCUT2D eigenvalue weighted by atomic mass is 10.1. The number of hydrogen-bond acceptors (Lipinski definition) is 5. The molecule has 0 aliphatic carbocycles. The van der Waals surface area contributed by atoms with Gasteiger partial charge in [0.15, 0.2) is 0 Å². The van der Waals surface area contributed by atoms with Gasteiger partial charge in [0.05, 0.1) is 10.9 Å². The summed E-state index contributed by atoms with van der Waals surface area (Å²) in [5.41, 5.74) is 1.07. The first kappa shape index (κ1) is 23.2. The Hall–Kier alpha value is -2.45. The highest BCUT2D eigenvalue weighted by Gasteiger charge is 2.38. The lowest BCUT2D eigenvalue weighted by Gasteiger charge is -2.30. The highest BCUT2D eigenvalue weighted by Crippen LogP contribution is 2.40. The third-order valence-electron chi connectivity index (χ3n) is 5.19. The van der Waals surface area contributed by atoms with Crippen molar-refractivity contribution in [3.05, 3.63) is 53.7 Å². The molecule has 31 heavy (non-hydrogen) atoms. The van der Waals surface area contributed by atoms with Crippen LogP contribution in [-0.4, -0.2) is 42.5 Å². The molecule has 1 amide bonds. The Morgan fingerprint density at radius 3 is 2.52 bits per heavy atom. The van der Waals surface area contributed by atoms with Gasteiger partial charge in [-0.2, -0.15) is 4.31 Å². The van der Waals surface area contributed by atoms with E-state index in [1.54, 1.807) is 36.5 Å². The topological polar surface area (TPSA) is 79.8 Å². The van der Waals surface area contributed by atoms with Crippen molar-refractivity contribution in [3.63, 3.8) is 0 Å². The molecule has 168 valence electrons. The predicted molar refractivity (Wildman–Crippen MR) is 121 cm³/mol. The molecule has 8 heteroatoms. The standard InChI is InChI=1S/C23H31N3O4S/c1-6-25(22(27)30-23(3,4)5)21-19(9-7-15-24-21)20-10-8-16-26(20)31(28,29)18-13-11-17(2)12-14-18/h7,9,11-15,20H,6,8,10,16H2,1-5H3/t20-/m1/s1. The number of carbonyl (C=O) groups excluding carboxylic acids is 1. The van der Waals surface area contributed by atoms with E-state index in [4.69, 9.17) is 4.74 Å². The summed E-state index contributed by atoms with van der Waals surface area (Å²) in [5.74, 6) is 0.440. The summed E-state index contributed by atoms with van der Waals surface area (Å²) in [7, 11) is -3.68. The van der Waals surface area contributed by atoms with Crippen molar-refractivity contribution in [2.24, 2.45) is 0 Å². The van der Waals surface area contributed by atoms with Gasteiger partial charge in [-0.15, -0.1) is 0 Å². The minimum absolute atomic E-state index is 0.273. The fraction of sp³-hybridized carbons (Fsp3) is 0.478. The van der Waals surface area contributed by atoms with Crippen LogP contribution in [-0.2, 0) is 14.8 Å². The fourth-order valence-electron chi connectivity index (χ4n) is 3.76. The van der Waals surface area contributed by atoms with Crippen LogP contribution < -0.4 is 4.90 Å². The van der Waals surface area contributed by atoms with Crippen molar-refractivity contribution >= 4 is 21.9 Å². The van der Waals surface area contributed by atoms with E-state index in [-0.39, 0.29) is 4.90 Å². The van der Waals surface area contributed by atoms with Crippen molar-refractivity contribution in [2.45, 2.75) is 64.0 Å². The third kappa shape index (κ3) is 5.07. The molecule has 0 saturated carbocycles. The molecule has 2 heterocycles. The number of sulfonamides is 1. The first-order chi connectivity index (χ1) is 14.5. The van der Waals surface area contributed by atoms with Gasteiger partial charge in [-0.1, -0.05) is 23.8 Å². The molecule has 3 rings (SSSR count). The number of benzene rings is 1. The summed E-state index contributed by atoms with van der Waals surface area (Å²) in [6.07, 6.45) is 2.51. The summed E-state index contributed by atoms with van der Waals surface area (Å²) in [6, 6.07) is 10.1. The monoisotopic (exact) mass is 445 g/mol. The highest BCUT2D eigenvalue weighted by atomic mass is 32.2. The van der Waals surface area contributed by atoms with E-state index in [1.807, 2.05) is 40.7 Å². The van der Waals surface area contributed by atoms with Crippen LogP contribution in [0.5, 0.6) is 0 Å². The second kappa shape index (κ2) is 8.96. The van der Waals surface area contributed by atoms with Gasteiger partial charge in [0.2, 0.25) is 10.0 Å². The molecule has 1 aromatic carbocycles. The summed E-state index contributed by atoms with van der Waals surface area (Å²) in [4.78, 5) is 19.0. The Morgan fingerprint density at radius 2 is 1.90 bits per heavy atom. The molecular weight excluding hydrogens is 414 g/mol. The van der Waals surface area contributed by atoms with E-state index in [0.717, 1.165) is 12.0 Å². The molecule has 7 nitrogen and oxygen atoms in total. The van der Waals surface area contributed by atoms with Crippen LogP contribution >= 0.6 is 0 Å². The molecule has 1 aliphatic rings. The number of nitrogens with zero attached hydrogens (tertiary/aromatic N) is 3. The molecule has 1 fully saturated rings. The molecule has 0 spiro atoms. The van der Waals surface area contributed by atoms with Crippen LogP contribution in [0.2, 0.25) is 0 Å². The Morgan fingerprint density at radius 1 is 1.23 bits per heavy atom. The number of pyridine rings is 1. The number of ether oxygens (including phenoxy) is 1. The molecule has 2 aromatic rings. The van der Waals surface area contributed by atoms with Gasteiger partial charge in [0.1, 0.15) is 11.4 Å². The Kier molecular flexibility index (Phi) is 6.71. The van der Waals surface area contributed by atoms with Crippen molar-refractivity contribution in [3.8, 4) is 0 Å². The predicted octanol–water partition coefficient (Wildman–Crippen LogP) is 4.68. The number of carbonyl (C=O) groups is 1. The van der Waals surface area contributed by atoms with E-state index in [2.05, 4.69) is 4.98 Å². The van der Waals surface area contributed by atoms with E-state index in [9.17, 15) is 13.2 Å². The summed E-state index contributed by atoms with van der Waals surface area (Å²) < 4.78 is 33.9. The van der Waals surface area contributed by atoms with Crippen molar-refractivity contribution in [1.29, 1.82) is 0 Å². The van der Waals surface area contributed by atoms with Crippen LogP contribution in [0.25, 0.3) is 0 Å². The van der Waals surface area contributed by atoms with Crippen LogP contribution in [0.1, 0.15) is 57.7 Å². The Labute approximate surface area is 185 Å². The maximum atomic E-state index is 13.4. The first-order valence-electron chi connectivity index (χ1n) is 10.6. The quantitative estimate of drug-likeness (QED) is 0.668. The van der Waals surface area contributed by atoms with Gasteiger partial charge in [-0.3, -0.25) is 4.90 Å². The summed E-state index contributed by atoms with van der Waals surface area (Å²) in [5, 5.41) is 0. The van der Waals surface area contributed by atoms with Crippen molar-refractivity contribution < 1.29 is 17.9 Å². The fourth-order valence-corrected chi connectivity index (χ4v) is 5.44. The largest absolute Gasteiger partial charge is 0.443 e. The SMILES string of the molecule is CCN(C(=O)OC(C)(C)C)c1ncccc1[C@H]1CCCN1S(=O)(=O)c1ccc(C)cc1. The van der Waals surface area contributed by atoms with Gasteiger partial charge in [-0.05, 0) is 65.7 Å². The van der Waals surface area contributed by atoms with E-state index in [0.29, 0.717) is 30.9 Å². The number of aromatic nitrogens is 1. The number of rotatable bonds is 5. The molecular formula is C23H31N3O4S. The average Bonchev–Trinajstić information content (AvgIpc) is 3.18. The minimum atomic E-state index is -3.68. The maximum absolute atomic E-state index is 13.4. The summed E-state index contributed by atoms with van der Waals surface area (Å²) in [6.45, 7) is 9.98. The first-order valence-corrected chi connectivity index (χ1v) is 12.0. The van der Waals surface area contributed by atoms with Gasteiger partial charge in [0, 0.05) is 24.8 Å². The average molecular weight is 446 g/mol. The van der Waals surface area contributed by atoms with Gasteiger partial charge in [0.25, 0.3) is 0 Å². The molecule has 1 saturated heterocycles. The van der Waals surface area contributed by atoms with Crippen LogP contribution in [0.15, 0.2) is 47.5 Å². The van der Waals surface area contributed by atoms with E-state index < -0.39 is 27.8 Å². The number of aryl methyl sites for hydroxylation is 1. The summed E-state index contributed by atoms with van der Waals surface area (Å²) >= 11 is 0. The number of hydrogen-bond donors (Lipinski definition) is 0. The molecule has 0 N–H and O–H groups in total. The third-order valence-corrected chi connectivity index (χ3v) is 7.12. The minimum Gasteiger partial charge on any atom is -0.443 e. The van der Waals surface area contributed by atoms with Gasteiger partial charge < -0.3 is 4.74 Å². The van der Waals surface area contributed by atoms with Gasteiger partial charge >= 0.3 is 6.09 Å². The van der Waals surface area contributed by atoms with E-state index in [1.165, 1.54) is 9.21 Å². The van der Waals surface area contributed by atoms with Crippen molar-refractivity contribution in [1.82, 2.24) is 9.29 Å². The number of anilines is 1. The molecule has 0 radical (unpaired) electrons. The van der Waals surface area contributed by atoms with Crippen LogP contribution in [0, 0.1) is 6.92 Å². The Balaban J connectivity index is 1.99.